The zero-order chi connectivity index (χ0) is 9.90. The fourth-order valence-corrected chi connectivity index (χ4v) is 1.89. The Morgan fingerprint density at radius 2 is 2.15 bits per heavy atom. The van der Waals surface area contributed by atoms with Crippen LogP contribution >= 0.6 is 0 Å². The summed E-state index contributed by atoms with van der Waals surface area (Å²) in [5.41, 5.74) is 0.372. The fourth-order valence-electron chi connectivity index (χ4n) is 1.89. The van der Waals surface area contributed by atoms with E-state index in [9.17, 15) is 0 Å². The van der Waals surface area contributed by atoms with Gasteiger partial charge in [-0.05, 0) is 45.8 Å². The standard InChI is InChI=1S/C11H24N2/c1-10(2)5-7-13-8-6-11(3,9-13)12-4/h10,12H,5-9H2,1-4H3. The zero-order valence-electron chi connectivity index (χ0n) is 9.56. The van der Waals surface area contributed by atoms with Gasteiger partial charge in [-0.25, -0.2) is 0 Å². The maximum atomic E-state index is 3.42. The van der Waals surface area contributed by atoms with Gasteiger partial charge in [0.1, 0.15) is 0 Å². The molecule has 1 N–H and O–H groups in total. The Balaban J connectivity index is 2.25. The predicted molar refractivity (Wildman–Crippen MR) is 58.0 cm³/mol. The van der Waals surface area contributed by atoms with Gasteiger partial charge >= 0.3 is 0 Å². The summed E-state index contributed by atoms with van der Waals surface area (Å²) in [7, 11) is 2.08. The molecule has 0 aliphatic carbocycles. The van der Waals surface area contributed by atoms with Crippen LogP contribution in [0.3, 0.4) is 0 Å². The topological polar surface area (TPSA) is 15.3 Å². The molecule has 78 valence electrons. The quantitative estimate of drug-likeness (QED) is 0.715. The van der Waals surface area contributed by atoms with Gasteiger partial charge in [0.2, 0.25) is 0 Å². The van der Waals surface area contributed by atoms with Crippen molar-refractivity contribution >= 4 is 0 Å². The molecule has 1 unspecified atom stereocenters. The average molecular weight is 184 g/mol. The number of rotatable bonds is 4. The van der Waals surface area contributed by atoms with Crippen LogP contribution in [0.1, 0.15) is 33.6 Å². The van der Waals surface area contributed by atoms with Crippen molar-refractivity contribution < 1.29 is 0 Å². The van der Waals surface area contributed by atoms with Gasteiger partial charge in [-0.2, -0.15) is 0 Å². The molecule has 1 atom stereocenters. The van der Waals surface area contributed by atoms with E-state index in [2.05, 4.69) is 38.0 Å². The van der Waals surface area contributed by atoms with E-state index in [1.165, 1.54) is 32.5 Å². The van der Waals surface area contributed by atoms with E-state index in [0.29, 0.717) is 5.54 Å². The SMILES string of the molecule is CNC1(C)CCN(CCC(C)C)C1. The van der Waals surface area contributed by atoms with Crippen molar-refractivity contribution in [3.05, 3.63) is 0 Å². The minimum atomic E-state index is 0.372. The van der Waals surface area contributed by atoms with Crippen LogP contribution in [0.25, 0.3) is 0 Å². The Morgan fingerprint density at radius 3 is 2.62 bits per heavy atom. The molecule has 0 spiro atoms. The smallest absolute Gasteiger partial charge is 0.0289 e. The molecule has 1 aliphatic heterocycles. The third kappa shape index (κ3) is 3.28. The van der Waals surface area contributed by atoms with Gasteiger partial charge in [0.05, 0.1) is 0 Å². The van der Waals surface area contributed by atoms with Crippen molar-refractivity contribution in [2.45, 2.75) is 39.2 Å². The first kappa shape index (κ1) is 11.0. The van der Waals surface area contributed by atoms with Gasteiger partial charge in [-0.3, -0.25) is 0 Å². The van der Waals surface area contributed by atoms with Crippen LogP contribution in [-0.2, 0) is 0 Å². The summed E-state index contributed by atoms with van der Waals surface area (Å²) >= 11 is 0. The van der Waals surface area contributed by atoms with Crippen LogP contribution in [0.2, 0.25) is 0 Å². The second-order valence-electron chi connectivity index (χ2n) is 5.02. The summed E-state index contributed by atoms with van der Waals surface area (Å²) in [6, 6.07) is 0. The molecule has 13 heavy (non-hydrogen) atoms. The monoisotopic (exact) mass is 184 g/mol. The first-order valence-corrected chi connectivity index (χ1v) is 5.47. The Kier molecular flexibility index (Phi) is 3.74. The van der Waals surface area contributed by atoms with Crippen molar-refractivity contribution in [3.8, 4) is 0 Å². The number of hydrogen-bond acceptors (Lipinski definition) is 2. The van der Waals surface area contributed by atoms with Crippen molar-refractivity contribution in [3.63, 3.8) is 0 Å². The normalized spacial score (nSPS) is 30.2. The molecule has 1 saturated heterocycles. The minimum Gasteiger partial charge on any atom is -0.313 e. The third-order valence-electron chi connectivity index (χ3n) is 3.18. The molecule has 0 bridgehead atoms. The molecule has 0 aromatic rings. The molecule has 0 amide bonds. The molecule has 0 radical (unpaired) electrons. The summed E-state index contributed by atoms with van der Waals surface area (Å²) < 4.78 is 0. The van der Waals surface area contributed by atoms with Gasteiger partial charge in [0, 0.05) is 12.1 Å². The van der Waals surface area contributed by atoms with Gasteiger partial charge < -0.3 is 10.2 Å². The van der Waals surface area contributed by atoms with E-state index in [0.717, 1.165) is 5.92 Å². The van der Waals surface area contributed by atoms with Crippen LogP contribution in [-0.4, -0.2) is 37.1 Å². The molecule has 1 heterocycles. The van der Waals surface area contributed by atoms with E-state index in [-0.39, 0.29) is 0 Å². The number of hydrogen-bond donors (Lipinski definition) is 1. The third-order valence-corrected chi connectivity index (χ3v) is 3.18. The summed E-state index contributed by atoms with van der Waals surface area (Å²) in [6.07, 6.45) is 2.63. The molecule has 1 fully saturated rings. The molecule has 0 aromatic carbocycles. The first-order valence-electron chi connectivity index (χ1n) is 5.47. The predicted octanol–water partition coefficient (Wildman–Crippen LogP) is 1.72. The van der Waals surface area contributed by atoms with Gasteiger partial charge in [0.15, 0.2) is 0 Å². The summed E-state index contributed by atoms with van der Waals surface area (Å²) in [5, 5.41) is 3.42. The average Bonchev–Trinajstić information content (AvgIpc) is 2.45. The molecular weight excluding hydrogens is 160 g/mol. The highest BCUT2D eigenvalue weighted by molar-refractivity contribution is 4.92. The lowest BCUT2D eigenvalue weighted by Gasteiger charge is -2.24. The van der Waals surface area contributed by atoms with Crippen molar-refractivity contribution in [2.75, 3.05) is 26.7 Å². The largest absolute Gasteiger partial charge is 0.313 e. The van der Waals surface area contributed by atoms with Crippen LogP contribution in [0.15, 0.2) is 0 Å². The molecule has 1 aliphatic rings. The lowest BCUT2D eigenvalue weighted by atomic mass is 10.0. The summed E-state index contributed by atoms with van der Waals surface area (Å²) in [4.78, 5) is 2.58. The highest BCUT2D eigenvalue weighted by atomic mass is 15.2. The van der Waals surface area contributed by atoms with Gasteiger partial charge in [-0.1, -0.05) is 13.8 Å². The molecule has 0 saturated carbocycles. The highest BCUT2D eigenvalue weighted by Crippen LogP contribution is 2.20. The number of likely N-dealkylation sites (N-methyl/N-ethyl adjacent to an activating group) is 1. The van der Waals surface area contributed by atoms with E-state index < -0.39 is 0 Å². The number of nitrogens with one attached hydrogen (secondary N) is 1. The summed E-state index contributed by atoms with van der Waals surface area (Å²) in [5.74, 6) is 0.835. The Hall–Kier alpha value is -0.0800. The van der Waals surface area contributed by atoms with Gasteiger partial charge in [0.25, 0.3) is 0 Å². The maximum Gasteiger partial charge on any atom is 0.0289 e. The van der Waals surface area contributed by atoms with Gasteiger partial charge in [-0.15, -0.1) is 0 Å². The minimum absolute atomic E-state index is 0.372. The zero-order valence-corrected chi connectivity index (χ0v) is 9.56. The van der Waals surface area contributed by atoms with Crippen molar-refractivity contribution in [1.29, 1.82) is 0 Å². The molecule has 1 rings (SSSR count). The number of nitrogens with zero attached hydrogens (tertiary/aromatic N) is 1. The van der Waals surface area contributed by atoms with Crippen LogP contribution in [0, 0.1) is 5.92 Å². The highest BCUT2D eigenvalue weighted by Gasteiger charge is 2.31. The fraction of sp³-hybridized carbons (Fsp3) is 1.00. The Labute approximate surface area is 82.7 Å². The second-order valence-corrected chi connectivity index (χ2v) is 5.02. The van der Waals surface area contributed by atoms with E-state index >= 15 is 0 Å². The Morgan fingerprint density at radius 1 is 1.46 bits per heavy atom. The number of likely N-dealkylation sites (tertiary alicyclic amines) is 1. The molecule has 2 nitrogen and oxygen atoms in total. The van der Waals surface area contributed by atoms with Crippen molar-refractivity contribution in [1.82, 2.24) is 10.2 Å². The lowest BCUT2D eigenvalue weighted by Crippen LogP contribution is -2.42. The molecule has 0 aromatic heterocycles. The molecular formula is C11H24N2. The van der Waals surface area contributed by atoms with Crippen LogP contribution < -0.4 is 5.32 Å². The first-order chi connectivity index (χ1) is 6.06. The van der Waals surface area contributed by atoms with E-state index in [4.69, 9.17) is 0 Å². The van der Waals surface area contributed by atoms with E-state index in [1.54, 1.807) is 0 Å². The Bertz CT molecular complexity index is 156. The van der Waals surface area contributed by atoms with E-state index in [1.807, 2.05) is 0 Å². The summed E-state index contributed by atoms with van der Waals surface area (Å²) in [6.45, 7) is 10.7. The van der Waals surface area contributed by atoms with Crippen LogP contribution in [0.5, 0.6) is 0 Å². The molecule has 2 heteroatoms. The second kappa shape index (κ2) is 4.43. The lowest BCUT2D eigenvalue weighted by molar-refractivity contribution is 0.284. The van der Waals surface area contributed by atoms with Crippen molar-refractivity contribution in [2.24, 2.45) is 5.92 Å². The van der Waals surface area contributed by atoms with Crippen LogP contribution in [0.4, 0.5) is 0 Å². The maximum absolute atomic E-state index is 3.42.